The number of aromatic nitrogens is 1. The van der Waals surface area contributed by atoms with Gasteiger partial charge in [-0.05, 0) is 30.7 Å². The SMILES string of the molecule is Cc1cc(C(=O)O)cc2ccc(C(=O)O)nc12. The molecular weight excluding hydrogens is 222 g/mol. The number of benzene rings is 1. The summed E-state index contributed by atoms with van der Waals surface area (Å²) in [6, 6.07) is 5.87. The smallest absolute Gasteiger partial charge is 0.354 e. The Balaban J connectivity index is 2.72. The number of fused-ring (bicyclic) bond motifs is 1. The minimum atomic E-state index is -1.10. The van der Waals surface area contributed by atoms with Crippen molar-refractivity contribution in [2.45, 2.75) is 6.92 Å². The Morgan fingerprint density at radius 3 is 2.41 bits per heavy atom. The van der Waals surface area contributed by atoms with E-state index >= 15 is 0 Å². The number of carboxylic acids is 2. The summed E-state index contributed by atoms with van der Waals surface area (Å²) in [5.74, 6) is -2.12. The molecular formula is C12H9NO4. The van der Waals surface area contributed by atoms with Gasteiger partial charge in [0.15, 0.2) is 0 Å². The van der Waals surface area contributed by atoms with Gasteiger partial charge in [-0.15, -0.1) is 0 Å². The molecule has 0 atom stereocenters. The van der Waals surface area contributed by atoms with E-state index < -0.39 is 11.9 Å². The predicted octanol–water partition coefficient (Wildman–Crippen LogP) is 1.94. The summed E-state index contributed by atoms with van der Waals surface area (Å²) in [6.45, 7) is 1.70. The number of pyridine rings is 1. The minimum absolute atomic E-state index is 0.0522. The van der Waals surface area contributed by atoms with Gasteiger partial charge in [-0.3, -0.25) is 0 Å². The molecule has 1 aromatic heterocycles. The lowest BCUT2D eigenvalue weighted by Crippen LogP contribution is -2.02. The van der Waals surface area contributed by atoms with Crippen molar-refractivity contribution in [2.75, 3.05) is 0 Å². The molecule has 0 unspecified atom stereocenters. The number of carboxylic acid groups (broad SMARTS) is 2. The molecule has 5 nitrogen and oxygen atoms in total. The molecule has 2 aromatic rings. The maximum Gasteiger partial charge on any atom is 0.354 e. The van der Waals surface area contributed by atoms with Crippen LogP contribution in [0, 0.1) is 6.92 Å². The van der Waals surface area contributed by atoms with Crippen LogP contribution in [0.25, 0.3) is 10.9 Å². The Bertz CT molecular complexity index is 634. The first-order valence-electron chi connectivity index (χ1n) is 4.87. The molecule has 86 valence electrons. The Hall–Kier alpha value is -2.43. The van der Waals surface area contributed by atoms with Crippen molar-refractivity contribution < 1.29 is 19.8 Å². The molecule has 0 saturated carbocycles. The zero-order valence-corrected chi connectivity index (χ0v) is 8.97. The van der Waals surface area contributed by atoms with Crippen LogP contribution in [0.3, 0.4) is 0 Å². The summed E-state index contributed by atoms with van der Waals surface area (Å²) >= 11 is 0. The van der Waals surface area contributed by atoms with E-state index in [0.29, 0.717) is 16.5 Å². The number of nitrogens with zero attached hydrogens (tertiary/aromatic N) is 1. The van der Waals surface area contributed by atoms with E-state index in [2.05, 4.69) is 4.98 Å². The molecule has 0 bridgehead atoms. The monoisotopic (exact) mass is 231 g/mol. The average molecular weight is 231 g/mol. The van der Waals surface area contributed by atoms with Crippen molar-refractivity contribution in [3.05, 3.63) is 41.1 Å². The van der Waals surface area contributed by atoms with Crippen LogP contribution >= 0.6 is 0 Å². The van der Waals surface area contributed by atoms with Gasteiger partial charge >= 0.3 is 11.9 Å². The third-order valence-electron chi connectivity index (χ3n) is 2.45. The lowest BCUT2D eigenvalue weighted by molar-refractivity contribution is 0.0682. The fourth-order valence-electron chi connectivity index (χ4n) is 1.66. The van der Waals surface area contributed by atoms with Crippen LogP contribution in [0.15, 0.2) is 24.3 Å². The summed E-state index contributed by atoms with van der Waals surface area (Å²) in [4.78, 5) is 25.6. The lowest BCUT2D eigenvalue weighted by atomic mass is 10.1. The highest BCUT2D eigenvalue weighted by Crippen LogP contribution is 2.19. The van der Waals surface area contributed by atoms with Crippen LogP contribution in [0.2, 0.25) is 0 Å². The largest absolute Gasteiger partial charge is 0.478 e. The van der Waals surface area contributed by atoms with Gasteiger partial charge < -0.3 is 10.2 Å². The van der Waals surface area contributed by atoms with Crippen LogP contribution in [0.1, 0.15) is 26.4 Å². The molecule has 0 amide bonds. The molecule has 0 aliphatic rings. The van der Waals surface area contributed by atoms with Gasteiger partial charge in [0, 0.05) is 5.39 Å². The second-order valence-corrected chi connectivity index (χ2v) is 3.67. The van der Waals surface area contributed by atoms with Gasteiger partial charge in [-0.2, -0.15) is 0 Å². The molecule has 1 aromatic carbocycles. The van der Waals surface area contributed by atoms with Gasteiger partial charge in [0.25, 0.3) is 0 Å². The molecule has 2 N–H and O–H groups in total. The maximum absolute atomic E-state index is 10.9. The van der Waals surface area contributed by atoms with Gasteiger partial charge in [0.05, 0.1) is 11.1 Å². The maximum atomic E-state index is 10.9. The highest BCUT2D eigenvalue weighted by Gasteiger charge is 2.10. The van der Waals surface area contributed by atoms with E-state index in [-0.39, 0.29) is 11.3 Å². The van der Waals surface area contributed by atoms with Crippen LogP contribution in [0.5, 0.6) is 0 Å². The zero-order chi connectivity index (χ0) is 12.6. The normalized spacial score (nSPS) is 10.4. The standard InChI is InChI=1S/C12H9NO4/c1-6-4-8(11(14)15)5-7-2-3-9(12(16)17)13-10(6)7/h2-5H,1H3,(H,14,15)(H,16,17). The molecule has 2 rings (SSSR count). The van der Waals surface area contributed by atoms with Gasteiger partial charge in [-0.1, -0.05) is 6.07 Å². The first kappa shape index (κ1) is 11.1. The molecule has 5 heteroatoms. The van der Waals surface area contributed by atoms with E-state index in [4.69, 9.17) is 10.2 Å². The zero-order valence-electron chi connectivity index (χ0n) is 8.97. The topological polar surface area (TPSA) is 87.5 Å². The Kier molecular flexibility index (Phi) is 2.51. The fraction of sp³-hybridized carbons (Fsp3) is 0.0833. The highest BCUT2D eigenvalue weighted by atomic mass is 16.4. The van der Waals surface area contributed by atoms with Crippen molar-refractivity contribution in [1.29, 1.82) is 0 Å². The molecule has 0 fully saturated rings. The van der Waals surface area contributed by atoms with Crippen LogP contribution in [-0.4, -0.2) is 27.1 Å². The first-order chi connectivity index (χ1) is 7.99. The van der Waals surface area contributed by atoms with E-state index in [9.17, 15) is 9.59 Å². The Morgan fingerprint density at radius 1 is 1.12 bits per heavy atom. The van der Waals surface area contributed by atoms with Crippen molar-refractivity contribution in [2.24, 2.45) is 0 Å². The third kappa shape index (κ3) is 1.94. The number of rotatable bonds is 2. The highest BCUT2D eigenvalue weighted by molar-refractivity contribution is 5.96. The lowest BCUT2D eigenvalue weighted by Gasteiger charge is -2.04. The number of hydrogen-bond acceptors (Lipinski definition) is 3. The summed E-state index contributed by atoms with van der Waals surface area (Å²) in [5.41, 5.74) is 1.27. The summed E-state index contributed by atoms with van der Waals surface area (Å²) < 4.78 is 0. The van der Waals surface area contributed by atoms with Crippen LogP contribution < -0.4 is 0 Å². The molecule has 0 spiro atoms. The first-order valence-corrected chi connectivity index (χ1v) is 4.87. The van der Waals surface area contributed by atoms with E-state index in [0.717, 1.165) is 0 Å². The van der Waals surface area contributed by atoms with Crippen molar-refractivity contribution in [3.63, 3.8) is 0 Å². The van der Waals surface area contributed by atoms with Gasteiger partial charge in [0.1, 0.15) is 5.69 Å². The fourth-order valence-corrected chi connectivity index (χ4v) is 1.66. The van der Waals surface area contributed by atoms with Gasteiger partial charge in [0.2, 0.25) is 0 Å². The predicted molar refractivity (Wildman–Crippen MR) is 60.4 cm³/mol. The second kappa shape index (κ2) is 3.86. The third-order valence-corrected chi connectivity index (χ3v) is 2.45. The number of aromatic carboxylic acids is 2. The van der Waals surface area contributed by atoms with E-state index in [1.165, 1.54) is 18.2 Å². The molecule has 0 aliphatic carbocycles. The summed E-state index contributed by atoms with van der Waals surface area (Å²) in [7, 11) is 0. The number of hydrogen-bond donors (Lipinski definition) is 2. The summed E-state index contributed by atoms with van der Waals surface area (Å²) in [5, 5.41) is 18.3. The Labute approximate surface area is 96.3 Å². The quantitative estimate of drug-likeness (QED) is 0.824. The Morgan fingerprint density at radius 2 is 1.82 bits per heavy atom. The van der Waals surface area contributed by atoms with E-state index in [1.54, 1.807) is 13.0 Å². The van der Waals surface area contributed by atoms with Gasteiger partial charge in [-0.25, -0.2) is 14.6 Å². The molecule has 1 heterocycles. The molecule has 0 aliphatic heterocycles. The van der Waals surface area contributed by atoms with Crippen LogP contribution in [0.4, 0.5) is 0 Å². The number of carbonyl (C=O) groups is 2. The van der Waals surface area contributed by atoms with Crippen molar-refractivity contribution >= 4 is 22.8 Å². The molecule has 17 heavy (non-hydrogen) atoms. The summed E-state index contributed by atoms with van der Waals surface area (Å²) in [6.07, 6.45) is 0. The van der Waals surface area contributed by atoms with Crippen LogP contribution in [-0.2, 0) is 0 Å². The average Bonchev–Trinajstić information content (AvgIpc) is 2.28. The second-order valence-electron chi connectivity index (χ2n) is 3.67. The van der Waals surface area contributed by atoms with Crippen molar-refractivity contribution in [3.8, 4) is 0 Å². The minimum Gasteiger partial charge on any atom is -0.478 e. The van der Waals surface area contributed by atoms with Crippen molar-refractivity contribution in [1.82, 2.24) is 4.98 Å². The van der Waals surface area contributed by atoms with E-state index in [1.807, 2.05) is 0 Å². The molecule has 0 radical (unpaired) electrons. The molecule has 0 saturated heterocycles. The number of aryl methyl sites for hydroxylation is 1.